The standard InChI is InChI=1S/C12H13NO/c1-8-3-2-4-10-11(8)7-13(12(10)14)9-5-6-9/h2-4,9H,5-7H2,1H3. The number of amides is 1. The smallest absolute Gasteiger partial charge is 0.254 e. The number of nitrogens with zero attached hydrogens (tertiary/aromatic N) is 1. The Labute approximate surface area is 83.5 Å². The van der Waals surface area contributed by atoms with Crippen LogP contribution >= 0.6 is 0 Å². The Bertz CT molecular complexity index is 407. The number of rotatable bonds is 1. The third-order valence-corrected chi connectivity index (χ3v) is 3.22. The van der Waals surface area contributed by atoms with Gasteiger partial charge in [-0.25, -0.2) is 0 Å². The number of aryl methyl sites for hydroxylation is 1. The molecule has 0 unspecified atom stereocenters. The maximum absolute atomic E-state index is 12.0. The molecule has 0 N–H and O–H groups in total. The molecular formula is C12H13NO. The molecule has 1 aromatic carbocycles. The van der Waals surface area contributed by atoms with Gasteiger partial charge in [0.1, 0.15) is 0 Å². The molecule has 3 rings (SSSR count). The SMILES string of the molecule is Cc1cccc2c1CN(C1CC1)C2=O. The summed E-state index contributed by atoms with van der Waals surface area (Å²) in [5.41, 5.74) is 3.42. The monoisotopic (exact) mass is 187 g/mol. The van der Waals surface area contributed by atoms with E-state index in [2.05, 4.69) is 13.0 Å². The van der Waals surface area contributed by atoms with Gasteiger partial charge in [-0.3, -0.25) is 4.79 Å². The van der Waals surface area contributed by atoms with E-state index in [0.717, 1.165) is 12.1 Å². The molecule has 0 atom stereocenters. The fraction of sp³-hybridized carbons (Fsp3) is 0.417. The molecule has 72 valence electrons. The highest BCUT2D eigenvalue weighted by atomic mass is 16.2. The van der Waals surface area contributed by atoms with Crippen molar-refractivity contribution in [3.05, 3.63) is 34.9 Å². The van der Waals surface area contributed by atoms with Crippen molar-refractivity contribution in [3.8, 4) is 0 Å². The topological polar surface area (TPSA) is 20.3 Å². The Morgan fingerprint density at radius 1 is 1.36 bits per heavy atom. The molecule has 1 aromatic rings. The van der Waals surface area contributed by atoms with E-state index in [9.17, 15) is 4.79 Å². The van der Waals surface area contributed by atoms with E-state index in [1.54, 1.807) is 0 Å². The van der Waals surface area contributed by atoms with Crippen molar-refractivity contribution in [1.29, 1.82) is 0 Å². The quantitative estimate of drug-likeness (QED) is 0.659. The van der Waals surface area contributed by atoms with Gasteiger partial charge in [-0.05, 0) is 37.0 Å². The predicted molar refractivity (Wildman–Crippen MR) is 54.1 cm³/mol. The molecule has 1 aliphatic carbocycles. The van der Waals surface area contributed by atoms with Crippen molar-refractivity contribution >= 4 is 5.91 Å². The van der Waals surface area contributed by atoms with Crippen LogP contribution in [0.25, 0.3) is 0 Å². The third-order valence-electron chi connectivity index (χ3n) is 3.22. The zero-order chi connectivity index (χ0) is 9.71. The van der Waals surface area contributed by atoms with E-state index in [0.29, 0.717) is 6.04 Å². The zero-order valence-electron chi connectivity index (χ0n) is 8.29. The summed E-state index contributed by atoms with van der Waals surface area (Å²) in [6.07, 6.45) is 2.39. The van der Waals surface area contributed by atoms with E-state index in [4.69, 9.17) is 0 Å². The molecule has 0 saturated heterocycles. The number of carbonyl (C=O) groups excluding carboxylic acids is 1. The number of hydrogen-bond acceptors (Lipinski definition) is 1. The Morgan fingerprint density at radius 2 is 2.14 bits per heavy atom. The minimum Gasteiger partial charge on any atom is -0.331 e. The second-order valence-corrected chi connectivity index (χ2v) is 4.27. The summed E-state index contributed by atoms with van der Waals surface area (Å²) in [7, 11) is 0. The van der Waals surface area contributed by atoms with Crippen LogP contribution in [0.1, 0.15) is 34.3 Å². The van der Waals surface area contributed by atoms with E-state index in [-0.39, 0.29) is 5.91 Å². The highest BCUT2D eigenvalue weighted by molar-refractivity contribution is 5.99. The van der Waals surface area contributed by atoms with E-state index in [1.807, 2.05) is 17.0 Å². The highest BCUT2D eigenvalue weighted by Crippen LogP contribution is 2.35. The van der Waals surface area contributed by atoms with E-state index >= 15 is 0 Å². The van der Waals surface area contributed by atoms with Crippen LogP contribution in [0.4, 0.5) is 0 Å². The van der Waals surface area contributed by atoms with Crippen molar-refractivity contribution in [1.82, 2.24) is 4.90 Å². The second-order valence-electron chi connectivity index (χ2n) is 4.27. The summed E-state index contributed by atoms with van der Waals surface area (Å²) in [4.78, 5) is 14.0. The molecule has 0 radical (unpaired) electrons. The summed E-state index contributed by atoms with van der Waals surface area (Å²) >= 11 is 0. The first kappa shape index (κ1) is 8.04. The van der Waals surface area contributed by atoms with Crippen LogP contribution in [0.3, 0.4) is 0 Å². The van der Waals surface area contributed by atoms with Crippen LogP contribution in [0.15, 0.2) is 18.2 Å². The number of carbonyl (C=O) groups is 1. The second kappa shape index (κ2) is 2.59. The first-order valence-corrected chi connectivity index (χ1v) is 5.17. The predicted octanol–water partition coefficient (Wildman–Crippen LogP) is 2.11. The maximum atomic E-state index is 12.0. The van der Waals surface area contributed by atoms with Crippen molar-refractivity contribution < 1.29 is 4.79 Å². The highest BCUT2D eigenvalue weighted by Gasteiger charge is 2.38. The molecule has 2 heteroatoms. The summed E-state index contributed by atoms with van der Waals surface area (Å²) in [5, 5.41) is 0. The molecular weight excluding hydrogens is 174 g/mol. The lowest BCUT2D eigenvalue weighted by Gasteiger charge is -2.13. The molecule has 1 saturated carbocycles. The number of hydrogen-bond donors (Lipinski definition) is 0. The molecule has 2 aliphatic rings. The maximum Gasteiger partial charge on any atom is 0.254 e. The average molecular weight is 187 g/mol. The van der Waals surface area contributed by atoms with Crippen molar-refractivity contribution in [2.75, 3.05) is 0 Å². The van der Waals surface area contributed by atoms with Crippen molar-refractivity contribution in [2.45, 2.75) is 32.4 Å². The summed E-state index contributed by atoms with van der Waals surface area (Å²) in [6, 6.07) is 6.55. The van der Waals surface area contributed by atoms with Gasteiger partial charge in [0.05, 0.1) is 0 Å². The van der Waals surface area contributed by atoms with Gasteiger partial charge in [0.25, 0.3) is 5.91 Å². The fourth-order valence-electron chi connectivity index (χ4n) is 2.19. The lowest BCUT2D eigenvalue weighted by Crippen LogP contribution is -2.25. The third kappa shape index (κ3) is 0.999. The molecule has 1 fully saturated rings. The minimum absolute atomic E-state index is 0.242. The van der Waals surface area contributed by atoms with Crippen molar-refractivity contribution in [3.63, 3.8) is 0 Å². The van der Waals surface area contributed by atoms with Gasteiger partial charge in [0, 0.05) is 18.2 Å². The molecule has 1 amide bonds. The normalized spacial score (nSPS) is 20.1. The fourth-order valence-corrected chi connectivity index (χ4v) is 2.19. The number of fused-ring (bicyclic) bond motifs is 1. The number of benzene rings is 1. The summed E-state index contributed by atoms with van der Waals surface area (Å²) < 4.78 is 0. The lowest BCUT2D eigenvalue weighted by atomic mass is 10.1. The molecule has 14 heavy (non-hydrogen) atoms. The van der Waals surface area contributed by atoms with Crippen LogP contribution in [0.2, 0.25) is 0 Å². The molecule has 0 aromatic heterocycles. The Hall–Kier alpha value is -1.31. The average Bonchev–Trinajstić information content (AvgIpc) is 2.94. The molecule has 2 nitrogen and oxygen atoms in total. The molecule has 1 aliphatic heterocycles. The Balaban J connectivity index is 2.05. The lowest BCUT2D eigenvalue weighted by molar-refractivity contribution is 0.0766. The van der Waals surface area contributed by atoms with Crippen molar-refractivity contribution in [2.24, 2.45) is 0 Å². The minimum atomic E-state index is 0.242. The van der Waals surface area contributed by atoms with Crippen LogP contribution in [0, 0.1) is 6.92 Å². The largest absolute Gasteiger partial charge is 0.331 e. The Morgan fingerprint density at radius 3 is 2.79 bits per heavy atom. The van der Waals surface area contributed by atoms with Gasteiger partial charge in [0.15, 0.2) is 0 Å². The van der Waals surface area contributed by atoms with Crippen LogP contribution < -0.4 is 0 Å². The molecule has 0 spiro atoms. The van der Waals surface area contributed by atoms with Gasteiger partial charge >= 0.3 is 0 Å². The van der Waals surface area contributed by atoms with E-state index < -0.39 is 0 Å². The molecule has 1 heterocycles. The Kier molecular flexibility index (Phi) is 1.49. The first-order chi connectivity index (χ1) is 6.77. The van der Waals surface area contributed by atoms with Gasteiger partial charge < -0.3 is 4.90 Å². The van der Waals surface area contributed by atoms with Gasteiger partial charge in [-0.15, -0.1) is 0 Å². The van der Waals surface area contributed by atoms with Crippen LogP contribution in [-0.4, -0.2) is 16.8 Å². The van der Waals surface area contributed by atoms with Gasteiger partial charge in [-0.1, -0.05) is 12.1 Å². The summed E-state index contributed by atoms with van der Waals surface area (Å²) in [6.45, 7) is 2.92. The molecule has 0 bridgehead atoms. The van der Waals surface area contributed by atoms with Gasteiger partial charge in [-0.2, -0.15) is 0 Å². The van der Waals surface area contributed by atoms with E-state index in [1.165, 1.54) is 24.0 Å². The zero-order valence-corrected chi connectivity index (χ0v) is 8.29. The first-order valence-electron chi connectivity index (χ1n) is 5.17. The van der Waals surface area contributed by atoms with Crippen LogP contribution in [0.5, 0.6) is 0 Å². The van der Waals surface area contributed by atoms with Crippen LogP contribution in [-0.2, 0) is 6.54 Å². The summed E-state index contributed by atoms with van der Waals surface area (Å²) in [5.74, 6) is 0.242. The van der Waals surface area contributed by atoms with Gasteiger partial charge in [0.2, 0.25) is 0 Å².